The van der Waals surface area contributed by atoms with E-state index in [9.17, 15) is 0 Å². The minimum absolute atomic E-state index is 0.587. The van der Waals surface area contributed by atoms with Crippen LogP contribution in [0.25, 0.3) is 11.0 Å². The number of nitrogens with one attached hydrogen (secondary N) is 2. The number of aromatic nitrogens is 3. The van der Waals surface area contributed by atoms with Crippen molar-refractivity contribution < 1.29 is 4.74 Å². The Balaban J connectivity index is 1.86. The summed E-state index contributed by atoms with van der Waals surface area (Å²) in [4.78, 5) is 11.5. The summed E-state index contributed by atoms with van der Waals surface area (Å²) in [6, 6.07) is 7.96. The van der Waals surface area contributed by atoms with Crippen LogP contribution >= 0.6 is 0 Å². The van der Waals surface area contributed by atoms with Crippen molar-refractivity contribution >= 4 is 16.7 Å². The molecular weight excluding hydrogens is 240 g/mol. The zero-order valence-corrected chi connectivity index (χ0v) is 10.6. The van der Waals surface area contributed by atoms with Crippen LogP contribution < -0.4 is 10.1 Å². The Hall–Kier alpha value is -2.56. The number of aromatic amines is 1. The maximum atomic E-state index is 5.31. The number of ether oxygens (including phenoxy) is 1. The van der Waals surface area contributed by atoms with Gasteiger partial charge >= 0.3 is 0 Å². The van der Waals surface area contributed by atoms with E-state index in [0.717, 1.165) is 22.3 Å². The summed E-state index contributed by atoms with van der Waals surface area (Å²) in [5, 5.41) is 4.39. The van der Waals surface area contributed by atoms with Crippen LogP contribution in [0.2, 0.25) is 0 Å². The number of H-pyrrole nitrogens is 1. The second-order valence-corrected chi connectivity index (χ2v) is 4.17. The molecule has 0 fully saturated rings. The van der Waals surface area contributed by atoms with Crippen molar-refractivity contribution in [1.29, 1.82) is 0 Å². The van der Waals surface area contributed by atoms with Crippen LogP contribution in [0.3, 0.4) is 0 Å². The Kier molecular flexibility index (Phi) is 3.02. The molecule has 0 aliphatic rings. The zero-order valence-electron chi connectivity index (χ0n) is 10.6. The van der Waals surface area contributed by atoms with Crippen molar-refractivity contribution in [3.8, 4) is 5.88 Å². The third-order valence-corrected chi connectivity index (χ3v) is 2.93. The molecule has 0 atom stereocenters. The molecule has 0 aliphatic carbocycles. The average Bonchev–Trinajstić information content (AvgIpc) is 2.92. The van der Waals surface area contributed by atoms with Crippen LogP contribution in [0.5, 0.6) is 5.88 Å². The van der Waals surface area contributed by atoms with Gasteiger partial charge in [-0.2, -0.15) is 4.98 Å². The summed E-state index contributed by atoms with van der Waals surface area (Å²) in [6.45, 7) is 0.705. The zero-order chi connectivity index (χ0) is 13.1. The fourth-order valence-corrected chi connectivity index (χ4v) is 1.95. The predicted molar refractivity (Wildman–Crippen MR) is 74.2 cm³/mol. The number of rotatable bonds is 4. The van der Waals surface area contributed by atoms with Crippen molar-refractivity contribution in [3.63, 3.8) is 0 Å². The van der Waals surface area contributed by atoms with Crippen LogP contribution in [0.15, 0.2) is 42.9 Å². The molecule has 19 heavy (non-hydrogen) atoms. The molecule has 0 saturated carbocycles. The van der Waals surface area contributed by atoms with Crippen molar-refractivity contribution in [2.45, 2.75) is 6.54 Å². The molecule has 96 valence electrons. The molecule has 0 spiro atoms. The quantitative estimate of drug-likeness (QED) is 0.751. The van der Waals surface area contributed by atoms with Crippen molar-refractivity contribution in [2.75, 3.05) is 12.4 Å². The lowest BCUT2D eigenvalue weighted by atomic mass is 10.2. The standard InChI is InChI=1S/C14H14N4O/c1-19-14-12(8-11-4-7-16-13(11)18-14)17-9-10-2-5-15-6-3-10/h2-8,17H,9H2,1H3,(H,16,18). The maximum Gasteiger partial charge on any atom is 0.239 e. The van der Waals surface area contributed by atoms with Gasteiger partial charge in [-0.15, -0.1) is 0 Å². The fourth-order valence-electron chi connectivity index (χ4n) is 1.95. The van der Waals surface area contributed by atoms with Gasteiger partial charge in [-0.3, -0.25) is 4.98 Å². The van der Waals surface area contributed by atoms with E-state index in [1.807, 2.05) is 30.5 Å². The van der Waals surface area contributed by atoms with Crippen LogP contribution in [0.4, 0.5) is 5.69 Å². The third-order valence-electron chi connectivity index (χ3n) is 2.93. The summed E-state index contributed by atoms with van der Waals surface area (Å²) in [5.41, 5.74) is 2.86. The highest BCUT2D eigenvalue weighted by molar-refractivity contribution is 5.81. The third kappa shape index (κ3) is 2.35. The van der Waals surface area contributed by atoms with Crippen molar-refractivity contribution in [2.24, 2.45) is 0 Å². The molecule has 3 aromatic rings. The summed E-state index contributed by atoms with van der Waals surface area (Å²) >= 11 is 0. The fraction of sp³-hybridized carbons (Fsp3) is 0.143. The number of nitrogens with zero attached hydrogens (tertiary/aromatic N) is 2. The van der Waals surface area contributed by atoms with E-state index in [4.69, 9.17) is 4.74 Å². The smallest absolute Gasteiger partial charge is 0.239 e. The Bertz CT molecular complexity index is 678. The normalized spacial score (nSPS) is 10.6. The Morgan fingerprint density at radius 2 is 2.11 bits per heavy atom. The molecule has 3 heterocycles. The highest BCUT2D eigenvalue weighted by Crippen LogP contribution is 2.26. The molecule has 2 N–H and O–H groups in total. The summed E-state index contributed by atoms with van der Waals surface area (Å²) in [5.74, 6) is 0.587. The second kappa shape index (κ2) is 4.97. The Labute approximate surface area is 110 Å². The van der Waals surface area contributed by atoms with E-state index in [1.54, 1.807) is 19.5 Å². The Morgan fingerprint density at radius 1 is 1.26 bits per heavy atom. The molecule has 3 aromatic heterocycles. The van der Waals surface area contributed by atoms with E-state index in [1.165, 1.54) is 0 Å². The monoisotopic (exact) mass is 254 g/mol. The lowest BCUT2D eigenvalue weighted by Gasteiger charge is -2.10. The lowest BCUT2D eigenvalue weighted by Crippen LogP contribution is -2.02. The molecular formula is C14H14N4O. The SMILES string of the molecule is COc1nc2[nH]ccc2cc1NCc1ccncc1. The summed E-state index contributed by atoms with van der Waals surface area (Å²) in [6.07, 6.45) is 5.42. The summed E-state index contributed by atoms with van der Waals surface area (Å²) in [7, 11) is 1.62. The van der Waals surface area contributed by atoms with Gasteiger partial charge in [0.05, 0.1) is 12.8 Å². The van der Waals surface area contributed by atoms with Gasteiger partial charge in [-0.05, 0) is 29.8 Å². The van der Waals surface area contributed by atoms with E-state index in [0.29, 0.717) is 12.4 Å². The van der Waals surface area contributed by atoms with Gasteiger partial charge in [0, 0.05) is 30.5 Å². The van der Waals surface area contributed by atoms with E-state index in [2.05, 4.69) is 20.3 Å². The lowest BCUT2D eigenvalue weighted by molar-refractivity contribution is 0.401. The van der Waals surface area contributed by atoms with E-state index < -0.39 is 0 Å². The maximum absolute atomic E-state index is 5.31. The number of methoxy groups -OCH3 is 1. The highest BCUT2D eigenvalue weighted by atomic mass is 16.5. The molecule has 0 saturated heterocycles. The van der Waals surface area contributed by atoms with Crippen molar-refractivity contribution in [1.82, 2.24) is 15.0 Å². The number of hydrogen-bond donors (Lipinski definition) is 2. The first-order chi connectivity index (χ1) is 9.36. The number of hydrogen-bond acceptors (Lipinski definition) is 4. The molecule has 3 rings (SSSR count). The van der Waals surface area contributed by atoms with Gasteiger partial charge in [-0.1, -0.05) is 0 Å². The largest absolute Gasteiger partial charge is 0.479 e. The molecule has 5 nitrogen and oxygen atoms in total. The van der Waals surface area contributed by atoms with Crippen LogP contribution in [-0.4, -0.2) is 22.1 Å². The van der Waals surface area contributed by atoms with Crippen molar-refractivity contribution in [3.05, 3.63) is 48.4 Å². The molecule has 0 aliphatic heterocycles. The number of fused-ring (bicyclic) bond motifs is 1. The summed E-state index contributed by atoms with van der Waals surface area (Å²) < 4.78 is 5.31. The topological polar surface area (TPSA) is 62.8 Å². The van der Waals surface area contributed by atoms with Gasteiger partial charge in [0.25, 0.3) is 0 Å². The first kappa shape index (κ1) is 11.5. The molecule has 0 amide bonds. The van der Waals surface area contributed by atoms with Gasteiger partial charge < -0.3 is 15.0 Å². The predicted octanol–water partition coefficient (Wildman–Crippen LogP) is 2.58. The Morgan fingerprint density at radius 3 is 2.89 bits per heavy atom. The van der Waals surface area contributed by atoms with E-state index in [-0.39, 0.29) is 0 Å². The van der Waals surface area contributed by atoms with Gasteiger partial charge in [0.1, 0.15) is 5.65 Å². The van der Waals surface area contributed by atoms with Crippen LogP contribution in [0.1, 0.15) is 5.56 Å². The van der Waals surface area contributed by atoms with Gasteiger partial charge in [0.2, 0.25) is 5.88 Å². The molecule has 0 aromatic carbocycles. The minimum Gasteiger partial charge on any atom is -0.479 e. The minimum atomic E-state index is 0.587. The first-order valence-electron chi connectivity index (χ1n) is 6.02. The van der Waals surface area contributed by atoms with Crippen LogP contribution in [0, 0.1) is 0 Å². The van der Waals surface area contributed by atoms with Gasteiger partial charge in [-0.25, -0.2) is 0 Å². The first-order valence-corrected chi connectivity index (χ1v) is 6.02. The molecule has 0 radical (unpaired) electrons. The molecule has 5 heteroatoms. The average molecular weight is 254 g/mol. The molecule has 0 bridgehead atoms. The number of pyridine rings is 2. The van der Waals surface area contributed by atoms with Crippen LogP contribution in [-0.2, 0) is 6.54 Å². The number of anilines is 1. The van der Waals surface area contributed by atoms with Gasteiger partial charge in [0.15, 0.2) is 0 Å². The van der Waals surface area contributed by atoms with E-state index >= 15 is 0 Å². The molecule has 0 unspecified atom stereocenters. The second-order valence-electron chi connectivity index (χ2n) is 4.17. The highest BCUT2D eigenvalue weighted by Gasteiger charge is 2.07.